The molecule has 1 unspecified atom stereocenters. The van der Waals surface area contributed by atoms with Crippen LogP contribution < -0.4 is 0 Å². The fraction of sp³-hybridized carbons (Fsp3) is 0.310. The van der Waals surface area contributed by atoms with Crippen molar-refractivity contribution in [2.75, 3.05) is 32.7 Å². The van der Waals surface area contributed by atoms with Gasteiger partial charge in [0.1, 0.15) is 12.4 Å². The molecule has 3 amide bonds. The van der Waals surface area contributed by atoms with Crippen molar-refractivity contribution in [3.63, 3.8) is 0 Å². The SMILES string of the molecule is O=C(C(=O)N1CCC2(C1)CN(C(=O)c1ccc(F)cc1C(F)(F)F)CCN2C(=O)OCc1ccccc1)c1ccco1. The molecular weight excluding hydrogens is 562 g/mol. The summed E-state index contributed by atoms with van der Waals surface area (Å²) in [6, 6.07) is 13.5. The van der Waals surface area contributed by atoms with Gasteiger partial charge in [-0.15, -0.1) is 0 Å². The van der Waals surface area contributed by atoms with Crippen LogP contribution in [-0.2, 0) is 22.3 Å². The highest BCUT2D eigenvalue weighted by atomic mass is 19.4. The summed E-state index contributed by atoms with van der Waals surface area (Å²) in [6.07, 6.45) is -4.37. The average Bonchev–Trinajstić information content (AvgIpc) is 3.66. The number of likely N-dealkylation sites (tertiary alicyclic amines) is 1. The van der Waals surface area contributed by atoms with E-state index >= 15 is 0 Å². The maximum Gasteiger partial charge on any atom is 0.417 e. The number of alkyl halides is 3. The van der Waals surface area contributed by atoms with E-state index in [0.717, 1.165) is 22.6 Å². The molecule has 13 heteroatoms. The monoisotopic (exact) mass is 587 g/mol. The second-order valence-corrected chi connectivity index (χ2v) is 10.1. The summed E-state index contributed by atoms with van der Waals surface area (Å²) >= 11 is 0. The molecule has 0 saturated carbocycles. The summed E-state index contributed by atoms with van der Waals surface area (Å²) in [5, 5.41) is 0. The normalized spacial score (nSPS) is 18.8. The molecule has 2 saturated heterocycles. The van der Waals surface area contributed by atoms with Crippen LogP contribution in [0.1, 0.15) is 38.5 Å². The van der Waals surface area contributed by atoms with E-state index in [0.29, 0.717) is 0 Å². The molecular formula is C29H25F4N3O6. The number of hydrogen-bond acceptors (Lipinski definition) is 6. The minimum Gasteiger partial charge on any atom is -0.461 e. The van der Waals surface area contributed by atoms with Gasteiger partial charge < -0.3 is 19.0 Å². The molecule has 9 nitrogen and oxygen atoms in total. The van der Waals surface area contributed by atoms with E-state index in [-0.39, 0.29) is 57.6 Å². The van der Waals surface area contributed by atoms with Gasteiger partial charge in [0.15, 0.2) is 5.76 Å². The highest BCUT2D eigenvalue weighted by Crippen LogP contribution is 2.36. The van der Waals surface area contributed by atoms with Crippen LogP contribution in [-0.4, -0.2) is 76.7 Å². The lowest BCUT2D eigenvalue weighted by Crippen LogP contribution is -2.66. The number of hydrogen-bond donors (Lipinski definition) is 0. The van der Waals surface area contributed by atoms with Crippen LogP contribution in [0.2, 0.25) is 0 Å². The van der Waals surface area contributed by atoms with E-state index in [1.54, 1.807) is 30.3 Å². The Morgan fingerprint density at radius 1 is 0.905 bits per heavy atom. The molecule has 5 rings (SSSR count). The third kappa shape index (κ3) is 5.71. The smallest absolute Gasteiger partial charge is 0.417 e. The molecule has 0 bridgehead atoms. The van der Waals surface area contributed by atoms with Gasteiger partial charge in [-0.3, -0.25) is 19.3 Å². The number of rotatable bonds is 5. The van der Waals surface area contributed by atoms with Crippen LogP contribution in [0.4, 0.5) is 22.4 Å². The number of carbonyl (C=O) groups is 4. The molecule has 42 heavy (non-hydrogen) atoms. The lowest BCUT2D eigenvalue weighted by molar-refractivity contribution is -0.138. The van der Waals surface area contributed by atoms with Crippen LogP contribution in [0, 0.1) is 5.82 Å². The number of halogens is 4. The number of furan rings is 1. The van der Waals surface area contributed by atoms with Crippen LogP contribution in [0.15, 0.2) is 71.3 Å². The van der Waals surface area contributed by atoms with Crippen LogP contribution in [0.3, 0.4) is 0 Å². The van der Waals surface area contributed by atoms with Crippen molar-refractivity contribution in [3.05, 3.63) is 95.2 Å². The first-order chi connectivity index (χ1) is 20.0. The molecule has 1 atom stereocenters. The summed E-state index contributed by atoms with van der Waals surface area (Å²) in [6.45, 7) is -0.720. The number of nitrogens with zero attached hydrogens (tertiary/aromatic N) is 3. The van der Waals surface area contributed by atoms with Gasteiger partial charge in [0.2, 0.25) is 0 Å². The Kier molecular flexibility index (Phi) is 7.76. The van der Waals surface area contributed by atoms with Crippen LogP contribution in [0.5, 0.6) is 0 Å². The lowest BCUT2D eigenvalue weighted by atomic mass is 9.92. The molecule has 2 aromatic carbocycles. The van der Waals surface area contributed by atoms with Gasteiger partial charge >= 0.3 is 12.3 Å². The van der Waals surface area contributed by atoms with Gasteiger partial charge in [-0.1, -0.05) is 30.3 Å². The predicted molar refractivity (Wildman–Crippen MR) is 138 cm³/mol. The maximum atomic E-state index is 13.7. The summed E-state index contributed by atoms with van der Waals surface area (Å²) in [7, 11) is 0. The zero-order valence-corrected chi connectivity index (χ0v) is 22.1. The minimum atomic E-state index is -4.99. The molecule has 2 aliphatic heterocycles. The van der Waals surface area contributed by atoms with Gasteiger partial charge in [0, 0.05) is 32.7 Å². The Labute approximate surface area is 237 Å². The highest BCUT2D eigenvalue weighted by Gasteiger charge is 2.52. The first kappa shape index (κ1) is 28.8. The summed E-state index contributed by atoms with van der Waals surface area (Å²) < 4.78 is 65.3. The number of carbonyl (C=O) groups excluding carboxylic acids is 4. The topological polar surface area (TPSA) is 100 Å². The Morgan fingerprint density at radius 3 is 2.33 bits per heavy atom. The Morgan fingerprint density at radius 2 is 1.64 bits per heavy atom. The predicted octanol–water partition coefficient (Wildman–Crippen LogP) is 4.39. The number of amides is 3. The number of piperazine rings is 1. The molecule has 2 aliphatic rings. The largest absolute Gasteiger partial charge is 0.461 e. The summed E-state index contributed by atoms with van der Waals surface area (Å²) in [5.41, 5.74) is -2.70. The van der Waals surface area contributed by atoms with E-state index in [2.05, 4.69) is 0 Å². The standard InChI is InChI=1S/C29H25F4N3O6/c30-20-8-9-21(22(15-20)29(31,32)33)25(38)35-12-13-36(27(40)42-16-19-5-2-1-3-6-19)28(18-35)10-11-34(17-28)26(39)24(37)23-7-4-14-41-23/h1-9,14-15H,10-13,16-18H2. The highest BCUT2D eigenvalue weighted by molar-refractivity contribution is 6.42. The zero-order valence-electron chi connectivity index (χ0n) is 22.1. The minimum absolute atomic E-state index is 0.0279. The number of ketones is 1. The third-order valence-electron chi connectivity index (χ3n) is 7.44. The maximum absolute atomic E-state index is 13.7. The number of ether oxygens (including phenoxy) is 1. The number of benzene rings is 2. The molecule has 220 valence electrons. The Bertz CT molecular complexity index is 1490. The van der Waals surface area contributed by atoms with Gasteiger partial charge in [0.25, 0.3) is 17.6 Å². The van der Waals surface area contributed by atoms with Crippen molar-refractivity contribution in [2.45, 2.75) is 24.7 Å². The van der Waals surface area contributed by atoms with Crippen molar-refractivity contribution in [2.24, 2.45) is 0 Å². The molecule has 1 spiro atoms. The van der Waals surface area contributed by atoms with Gasteiger partial charge in [-0.25, -0.2) is 9.18 Å². The van der Waals surface area contributed by atoms with Crippen molar-refractivity contribution in [1.29, 1.82) is 0 Å². The lowest BCUT2D eigenvalue weighted by Gasteiger charge is -2.48. The van der Waals surface area contributed by atoms with Crippen molar-refractivity contribution < 1.29 is 45.9 Å². The second kappa shape index (κ2) is 11.3. The van der Waals surface area contributed by atoms with E-state index in [1.807, 2.05) is 0 Å². The Balaban J connectivity index is 1.41. The van der Waals surface area contributed by atoms with Crippen LogP contribution >= 0.6 is 0 Å². The van der Waals surface area contributed by atoms with E-state index in [4.69, 9.17) is 9.15 Å². The summed E-state index contributed by atoms with van der Waals surface area (Å²) in [5.74, 6) is -4.11. The molecule has 0 radical (unpaired) electrons. The fourth-order valence-corrected chi connectivity index (χ4v) is 5.38. The van der Waals surface area contributed by atoms with Gasteiger partial charge in [-0.2, -0.15) is 13.2 Å². The van der Waals surface area contributed by atoms with Crippen LogP contribution in [0.25, 0.3) is 0 Å². The molecule has 3 heterocycles. The summed E-state index contributed by atoms with van der Waals surface area (Å²) in [4.78, 5) is 56.1. The van der Waals surface area contributed by atoms with E-state index < -0.39 is 52.4 Å². The zero-order chi connectivity index (χ0) is 30.1. The first-order valence-corrected chi connectivity index (χ1v) is 13.0. The first-order valence-electron chi connectivity index (χ1n) is 13.0. The quantitative estimate of drug-likeness (QED) is 0.250. The second-order valence-electron chi connectivity index (χ2n) is 10.1. The van der Waals surface area contributed by atoms with E-state index in [1.165, 1.54) is 28.2 Å². The molecule has 3 aromatic rings. The van der Waals surface area contributed by atoms with Crippen molar-refractivity contribution in [1.82, 2.24) is 14.7 Å². The average molecular weight is 588 g/mol. The molecule has 2 fully saturated rings. The Hall–Kier alpha value is -4.68. The van der Waals surface area contributed by atoms with E-state index in [9.17, 15) is 36.7 Å². The molecule has 1 aromatic heterocycles. The van der Waals surface area contributed by atoms with Gasteiger partial charge in [0.05, 0.1) is 22.9 Å². The van der Waals surface area contributed by atoms with Crippen molar-refractivity contribution in [3.8, 4) is 0 Å². The van der Waals surface area contributed by atoms with Gasteiger partial charge in [-0.05, 0) is 42.3 Å². The fourth-order valence-electron chi connectivity index (χ4n) is 5.38. The molecule has 0 aliphatic carbocycles. The molecule has 0 N–H and O–H groups in total. The van der Waals surface area contributed by atoms with Crippen molar-refractivity contribution >= 4 is 23.7 Å². The third-order valence-corrected chi connectivity index (χ3v) is 7.44. The number of Topliss-reactive ketones (excluding diaryl/α,β-unsaturated/α-hetero) is 1.